The standard InChI is InChI=1S/C34H39N3O3/c1-3-7-25-9-6-10-32(39-2)33(25)26-12-14-31-28(19-26)29(34(38)36-31)18-23-11-13-30(35-20-23)24-8-4-5-16-37(17-15-24)27-21-40-22-27/h6,9-14,18-20,24,27H,3-5,7-8,15-17,21-22H2,1-2H3,(H,36,38)/b29-18+. The van der Waals surface area contributed by atoms with E-state index in [0.717, 1.165) is 78.4 Å². The number of benzene rings is 2. The van der Waals surface area contributed by atoms with Gasteiger partial charge in [-0.2, -0.15) is 0 Å². The molecule has 3 aliphatic rings. The Labute approximate surface area is 237 Å². The van der Waals surface area contributed by atoms with Gasteiger partial charge in [-0.25, -0.2) is 0 Å². The summed E-state index contributed by atoms with van der Waals surface area (Å²) in [6, 6.07) is 17.3. The molecule has 1 amide bonds. The van der Waals surface area contributed by atoms with Crippen molar-refractivity contribution in [1.82, 2.24) is 9.88 Å². The lowest BCUT2D eigenvalue weighted by Gasteiger charge is -2.39. The minimum Gasteiger partial charge on any atom is -0.496 e. The minimum atomic E-state index is -0.0786. The van der Waals surface area contributed by atoms with Crippen LogP contribution in [0.3, 0.4) is 0 Å². The molecule has 3 aliphatic heterocycles. The van der Waals surface area contributed by atoms with Gasteiger partial charge in [0, 0.05) is 40.2 Å². The van der Waals surface area contributed by atoms with Gasteiger partial charge in [-0.05, 0) is 85.8 Å². The number of nitrogens with zero attached hydrogens (tertiary/aromatic N) is 2. The number of amides is 1. The molecule has 1 aromatic heterocycles. The summed E-state index contributed by atoms with van der Waals surface area (Å²) in [4.78, 5) is 20.5. The number of aromatic nitrogens is 1. The highest BCUT2D eigenvalue weighted by atomic mass is 16.5. The van der Waals surface area contributed by atoms with Crippen LogP contribution in [-0.4, -0.2) is 55.2 Å². The topological polar surface area (TPSA) is 63.7 Å². The lowest BCUT2D eigenvalue weighted by Crippen LogP contribution is -2.50. The quantitative estimate of drug-likeness (QED) is 0.346. The maximum Gasteiger partial charge on any atom is 0.256 e. The number of hydrogen-bond acceptors (Lipinski definition) is 5. The van der Waals surface area contributed by atoms with Gasteiger partial charge in [0.2, 0.25) is 0 Å². The molecular formula is C34H39N3O3. The molecule has 1 atom stereocenters. The number of nitrogens with one attached hydrogen (secondary N) is 1. The summed E-state index contributed by atoms with van der Waals surface area (Å²) in [6.45, 7) is 6.23. The number of likely N-dealkylation sites (tertiary alicyclic amines) is 1. The van der Waals surface area contributed by atoms with Crippen LogP contribution >= 0.6 is 0 Å². The highest BCUT2D eigenvalue weighted by molar-refractivity contribution is 6.35. The molecule has 2 aromatic carbocycles. The van der Waals surface area contributed by atoms with Gasteiger partial charge in [0.05, 0.1) is 26.4 Å². The van der Waals surface area contributed by atoms with E-state index in [1.54, 1.807) is 7.11 Å². The third kappa shape index (κ3) is 5.43. The molecule has 0 radical (unpaired) electrons. The summed E-state index contributed by atoms with van der Waals surface area (Å²) in [6.07, 6.45) is 10.7. The van der Waals surface area contributed by atoms with E-state index < -0.39 is 0 Å². The number of carbonyl (C=O) groups is 1. The van der Waals surface area contributed by atoms with E-state index in [0.29, 0.717) is 17.5 Å². The fourth-order valence-corrected chi connectivity index (χ4v) is 6.33. The number of methoxy groups -OCH3 is 1. The van der Waals surface area contributed by atoms with Crippen LogP contribution in [0.15, 0.2) is 54.7 Å². The third-order valence-electron chi connectivity index (χ3n) is 8.63. The zero-order chi connectivity index (χ0) is 27.5. The van der Waals surface area contributed by atoms with E-state index in [1.807, 2.05) is 30.5 Å². The molecule has 40 heavy (non-hydrogen) atoms. The van der Waals surface area contributed by atoms with E-state index in [4.69, 9.17) is 14.5 Å². The van der Waals surface area contributed by atoms with Crippen molar-refractivity contribution in [1.29, 1.82) is 0 Å². The SMILES string of the molecule is CCCc1cccc(OC)c1-c1ccc2c(c1)/C(=C\c1ccc(C3CCCCN(C4COC4)CC3)nc1)C(=O)N2. The highest BCUT2D eigenvalue weighted by Gasteiger charge is 2.28. The van der Waals surface area contributed by atoms with E-state index in [9.17, 15) is 4.79 Å². The largest absolute Gasteiger partial charge is 0.496 e. The third-order valence-corrected chi connectivity index (χ3v) is 8.63. The van der Waals surface area contributed by atoms with Crippen molar-refractivity contribution < 1.29 is 14.3 Å². The van der Waals surface area contributed by atoms with E-state index in [2.05, 4.69) is 47.5 Å². The van der Waals surface area contributed by atoms with Crippen LogP contribution in [0.4, 0.5) is 5.69 Å². The molecule has 6 rings (SSSR count). The molecule has 6 nitrogen and oxygen atoms in total. The van der Waals surface area contributed by atoms with Gasteiger partial charge in [-0.3, -0.25) is 14.7 Å². The second-order valence-corrected chi connectivity index (χ2v) is 11.2. The Bertz CT molecular complexity index is 1390. The highest BCUT2D eigenvalue weighted by Crippen LogP contribution is 2.40. The minimum absolute atomic E-state index is 0.0786. The van der Waals surface area contributed by atoms with Gasteiger partial charge in [0.1, 0.15) is 5.75 Å². The van der Waals surface area contributed by atoms with E-state index >= 15 is 0 Å². The number of ether oxygens (including phenoxy) is 2. The molecule has 4 heterocycles. The molecule has 3 aromatic rings. The maximum absolute atomic E-state index is 13.0. The van der Waals surface area contributed by atoms with Gasteiger partial charge in [0.15, 0.2) is 0 Å². The van der Waals surface area contributed by atoms with Crippen LogP contribution in [0.1, 0.15) is 67.3 Å². The van der Waals surface area contributed by atoms with Crippen LogP contribution in [0.2, 0.25) is 0 Å². The van der Waals surface area contributed by atoms with Crippen molar-refractivity contribution in [3.05, 3.63) is 77.1 Å². The summed E-state index contributed by atoms with van der Waals surface area (Å²) in [5.41, 5.74) is 7.93. The molecule has 208 valence electrons. The Balaban J connectivity index is 1.25. The Hall–Kier alpha value is -3.48. The summed E-state index contributed by atoms with van der Waals surface area (Å²) < 4.78 is 11.2. The van der Waals surface area contributed by atoms with Crippen LogP contribution in [0.25, 0.3) is 22.8 Å². The normalized spacial score (nSPS) is 20.9. The van der Waals surface area contributed by atoms with Crippen molar-refractivity contribution in [2.24, 2.45) is 0 Å². The molecule has 1 unspecified atom stereocenters. The number of anilines is 1. The zero-order valence-corrected chi connectivity index (χ0v) is 23.6. The van der Waals surface area contributed by atoms with Crippen LogP contribution in [-0.2, 0) is 16.0 Å². The first-order chi connectivity index (χ1) is 19.6. The average molecular weight is 538 g/mol. The lowest BCUT2D eigenvalue weighted by molar-refractivity contribution is -0.110. The first-order valence-electron chi connectivity index (χ1n) is 14.8. The van der Waals surface area contributed by atoms with Crippen molar-refractivity contribution in [2.75, 3.05) is 38.7 Å². The number of aryl methyl sites for hydroxylation is 1. The summed E-state index contributed by atoms with van der Waals surface area (Å²) >= 11 is 0. The Morgan fingerprint density at radius 2 is 2.00 bits per heavy atom. The molecule has 6 heteroatoms. The molecule has 1 N–H and O–H groups in total. The summed E-state index contributed by atoms with van der Waals surface area (Å²) in [5, 5.41) is 3.04. The predicted octanol–water partition coefficient (Wildman–Crippen LogP) is 6.56. The van der Waals surface area contributed by atoms with Crippen molar-refractivity contribution in [2.45, 2.75) is 57.4 Å². The number of pyridine rings is 1. The second-order valence-electron chi connectivity index (χ2n) is 11.2. The first-order valence-corrected chi connectivity index (χ1v) is 14.8. The second kappa shape index (κ2) is 11.9. The first kappa shape index (κ1) is 26.7. The molecule has 0 bridgehead atoms. The monoisotopic (exact) mass is 537 g/mol. The zero-order valence-electron chi connectivity index (χ0n) is 23.6. The number of fused-ring (bicyclic) bond motifs is 1. The van der Waals surface area contributed by atoms with Crippen molar-refractivity contribution in [3.8, 4) is 16.9 Å². The molecule has 0 aliphatic carbocycles. The van der Waals surface area contributed by atoms with Crippen LogP contribution in [0, 0.1) is 0 Å². The predicted molar refractivity (Wildman–Crippen MR) is 161 cm³/mol. The van der Waals surface area contributed by atoms with Gasteiger partial charge in [-0.1, -0.05) is 44.0 Å². The number of carbonyl (C=O) groups excluding carboxylic acids is 1. The summed E-state index contributed by atoms with van der Waals surface area (Å²) in [5.74, 6) is 1.25. The Morgan fingerprint density at radius 3 is 2.75 bits per heavy atom. The fraction of sp³-hybridized carbons (Fsp3) is 0.412. The van der Waals surface area contributed by atoms with Gasteiger partial charge < -0.3 is 14.8 Å². The molecule has 2 fully saturated rings. The maximum atomic E-state index is 13.0. The Kier molecular flexibility index (Phi) is 7.98. The fourth-order valence-electron chi connectivity index (χ4n) is 6.33. The van der Waals surface area contributed by atoms with Crippen molar-refractivity contribution >= 4 is 23.2 Å². The van der Waals surface area contributed by atoms with Gasteiger partial charge in [0.25, 0.3) is 5.91 Å². The van der Waals surface area contributed by atoms with E-state index in [1.165, 1.54) is 31.4 Å². The Morgan fingerprint density at radius 1 is 1.10 bits per heavy atom. The lowest BCUT2D eigenvalue weighted by atomic mass is 9.91. The summed E-state index contributed by atoms with van der Waals surface area (Å²) in [7, 11) is 1.71. The number of hydrogen-bond donors (Lipinski definition) is 1. The van der Waals surface area contributed by atoms with Crippen LogP contribution < -0.4 is 10.1 Å². The van der Waals surface area contributed by atoms with Gasteiger partial charge >= 0.3 is 0 Å². The average Bonchev–Trinajstić information content (AvgIpc) is 3.24. The van der Waals surface area contributed by atoms with Crippen molar-refractivity contribution in [3.63, 3.8) is 0 Å². The van der Waals surface area contributed by atoms with Gasteiger partial charge in [-0.15, -0.1) is 0 Å². The number of rotatable bonds is 7. The van der Waals surface area contributed by atoms with Crippen LogP contribution in [0.5, 0.6) is 5.75 Å². The molecule has 0 saturated carbocycles. The smallest absolute Gasteiger partial charge is 0.256 e. The molecule has 2 saturated heterocycles. The molecule has 0 spiro atoms. The van der Waals surface area contributed by atoms with E-state index in [-0.39, 0.29) is 5.91 Å². The molecular weight excluding hydrogens is 498 g/mol.